The molecule has 0 N–H and O–H groups in total. The summed E-state index contributed by atoms with van der Waals surface area (Å²) in [6.07, 6.45) is 4.87. The molecule has 9 heteroatoms. The zero-order valence-electron chi connectivity index (χ0n) is 18.8. The summed E-state index contributed by atoms with van der Waals surface area (Å²) in [4.78, 5) is 24.0. The number of rotatable bonds is 8. The molecule has 1 amide bonds. The first-order valence-electron chi connectivity index (χ1n) is 10.3. The van der Waals surface area contributed by atoms with Crippen molar-refractivity contribution in [3.63, 3.8) is 0 Å². The molecule has 2 aromatic carbocycles. The summed E-state index contributed by atoms with van der Waals surface area (Å²) in [6.45, 7) is 0.261. The first-order valence-corrected chi connectivity index (χ1v) is 11.5. The number of fused-ring (bicyclic) bond motifs is 1. The van der Waals surface area contributed by atoms with Crippen molar-refractivity contribution >= 4 is 50.3 Å². The van der Waals surface area contributed by atoms with E-state index >= 15 is 0 Å². The fourth-order valence-corrected chi connectivity index (χ4v) is 4.64. The van der Waals surface area contributed by atoms with Crippen molar-refractivity contribution in [2.24, 2.45) is 0 Å². The number of amides is 1. The normalized spacial score (nSPS) is 11.1. The Morgan fingerprint density at radius 1 is 1.06 bits per heavy atom. The number of para-hydroxylation sites is 1. The van der Waals surface area contributed by atoms with Crippen LogP contribution < -0.4 is 19.1 Å². The van der Waals surface area contributed by atoms with Crippen LogP contribution in [0.4, 0.5) is 5.13 Å². The van der Waals surface area contributed by atoms with Gasteiger partial charge in [0, 0.05) is 12.3 Å². The quantitative estimate of drug-likeness (QED) is 0.295. The summed E-state index contributed by atoms with van der Waals surface area (Å²) in [5.74, 6) is 1.23. The lowest BCUT2D eigenvalue weighted by Crippen LogP contribution is -2.29. The minimum Gasteiger partial charge on any atom is -0.493 e. The first kappa shape index (κ1) is 23.5. The van der Waals surface area contributed by atoms with Crippen LogP contribution in [-0.2, 0) is 11.3 Å². The first-order chi connectivity index (χ1) is 16.5. The number of halogens is 1. The van der Waals surface area contributed by atoms with E-state index in [1.807, 2.05) is 30.3 Å². The Kier molecular flexibility index (Phi) is 7.30. The third kappa shape index (κ3) is 4.98. The van der Waals surface area contributed by atoms with Crippen LogP contribution in [0.2, 0.25) is 5.02 Å². The molecular formula is C25H22ClN3O4S. The van der Waals surface area contributed by atoms with Crippen LogP contribution in [0.1, 0.15) is 11.3 Å². The van der Waals surface area contributed by atoms with Gasteiger partial charge in [0.1, 0.15) is 5.52 Å². The molecule has 0 radical (unpaired) electrons. The summed E-state index contributed by atoms with van der Waals surface area (Å²) in [6, 6.07) is 14.7. The Labute approximate surface area is 206 Å². The van der Waals surface area contributed by atoms with Crippen LogP contribution in [0, 0.1) is 0 Å². The maximum atomic E-state index is 13.4. The van der Waals surface area contributed by atoms with Gasteiger partial charge < -0.3 is 14.2 Å². The van der Waals surface area contributed by atoms with Gasteiger partial charge in [-0.3, -0.25) is 14.7 Å². The number of nitrogens with zero attached hydrogens (tertiary/aromatic N) is 3. The molecule has 34 heavy (non-hydrogen) atoms. The fraction of sp³-hybridized carbons (Fsp3) is 0.160. The molecule has 0 spiro atoms. The average molecular weight is 496 g/mol. The number of pyridine rings is 1. The third-order valence-corrected chi connectivity index (χ3v) is 6.36. The van der Waals surface area contributed by atoms with Gasteiger partial charge in [0.25, 0.3) is 5.91 Å². The van der Waals surface area contributed by atoms with Crippen LogP contribution in [0.15, 0.2) is 60.8 Å². The Morgan fingerprint density at radius 2 is 1.82 bits per heavy atom. The second-order valence-electron chi connectivity index (χ2n) is 7.12. The molecule has 0 saturated carbocycles. The fourth-order valence-electron chi connectivity index (χ4n) is 3.37. The third-order valence-electron chi connectivity index (χ3n) is 5.01. The molecule has 0 bridgehead atoms. The van der Waals surface area contributed by atoms with Crippen LogP contribution in [0.3, 0.4) is 0 Å². The lowest BCUT2D eigenvalue weighted by atomic mass is 10.1. The van der Waals surface area contributed by atoms with Gasteiger partial charge >= 0.3 is 0 Å². The van der Waals surface area contributed by atoms with Crippen LogP contribution in [0.25, 0.3) is 16.3 Å². The van der Waals surface area contributed by atoms with E-state index in [0.717, 1.165) is 10.4 Å². The van der Waals surface area contributed by atoms with E-state index in [2.05, 4.69) is 9.97 Å². The lowest BCUT2D eigenvalue weighted by Gasteiger charge is -2.18. The van der Waals surface area contributed by atoms with Gasteiger partial charge in [0.2, 0.25) is 5.75 Å². The van der Waals surface area contributed by atoms with Crippen LogP contribution in [-0.4, -0.2) is 37.2 Å². The van der Waals surface area contributed by atoms with Gasteiger partial charge in [-0.05, 0) is 48.0 Å². The highest BCUT2D eigenvalue weighted by Crippen LogP contribution is 2.38. The standard InChI is InChI=1S/C25H22ClN3O4S/c1-31-19-13-16(14-20(32-2)24(19)33-3)10-11-22(30)29(15-17-7-4-5-12-27-17)25-28-23-18(26)8-6-9-21(23)34-25/h4-14H,15H2,1-3H3. The smallest absolute Gasteiger partial charge is 0.253 e. The summed E-state index contributed by atoms with van der Waals surface area (Å²) in [5.41, 5.74) is 2.12. The molecule has 0 aliphatic heterocycles. The molecule has 0 aliphatic rings. The van der Waals surface area contributed by atoms with E-state index in [1.54, 1.807) is 56.7 Å². The van der Waals surface area contributed by atoms with E-state index in [-0.39, 0.29) is 12.5 Å². The van der Waals surface area contributed by atoms with Crippen molar-refractivity contribution in [2.75, 3.05) is 26.2 Å². The van der Waals surface area contributed by atoms with Gasteiger partial charge in [0.05, 0.1) is 43.3 Å². The topological polar surface area (TPSA) is 73.8 Å². The SMILES string of the molecule is COc1cc(C=CC(=O)N(Cc2ccccn2)c2nc3c(Cl)cccc3s2)cc(OC)c1OC. The number of methoxy groups -OCH3 is 3. The molecule has 0 aliphatic carbocycles. The van der Waals surface area contributed by atoms with Gasteiger partial charge in [-0.25, -0.2) is 4.98 Å². The van der Waals surface area contributed by atoms with E-state index in [4.69, 9.17) is 25.8 Å². The van der Waals surface area contributed by atoms with Crippen molar-refractivity contribution in [3.05, 3.63) is 77.1 Å². The monoisotopic (exact) mass is 495 g/mol. The number of hydrogen-bond donors (Lipinski definition) is 0. The van der Waals surface area contributed by atoms with E-state index in [0.29, 0.717) is 38.5 Å². The number of anilines is 1. The maximum absolute atomic E-state index is 13.4. The van der Waals surface area contributed by atoms with Gasteiger partial charge in [0.15, 0.2) is 16.6 Å². The van der Waals surface area contributed by atoms with Crippen molar-refractivity contribution < 1.29 is 19.0 Å². The number of ether oxygens (including phenoxy) is 3. The summed E-state index contributed by atoms with van der Waals surface area (Å²) >= 11 is 7.72. The molecule has 2 heterocycles. The number of hydrogen-bond acceptors (Lipinski definition) is 7. The minimum atomic E-state index is -0.255. The molecule has 7 nitrogen and oxygen atoms in total. The van der Waals surface area contributed by atoms with E-state index < -0.39 is 0 Å². The summed E-state index contributed by atoms with van der Waals surface area (Å²) in [7, 11) is 4.63. The molecule has 4 aromatic rings. The molecular weight excluding hydrogens is 474 g/mol. The second kappa shape index (κ2) is 10.5. The minimum absolute atomic E-state index is 0.255. The predicted molar refractivity (Wildman–Crippen MR) is 135 cm³/mol. The van der Waals surface area contributed by atoms with Gasteiger partial charge in [-0.1, -0.05) is 35.1 Å². The Hall–Kier alpha value is -3.62. The van der Waals surface area contributed by atoms with E-state index in [1.165, 1.54) is 17.4 Å². The predicted octanol–water partition coefficient (Wildman–Crippen LogP) is 5.62. The molecule has 4 rings (SSSR count). The number of aromatic nitrogens is 2. The van der Waals surface area contributed by atoms with E-state index in [9.17, 15) is 4.79 Å². The highest BCUT2D eigenvalue weighted by Gasteiger charge is 2.20. The highest BCUT2D eigenvalue weighted by atomic mass is 35.5. The number of carbonyl (C=O) groups is 1. The number of thiazole rings is 1. The zero-order chi connectivity index (χ0) is 24.1. The summed E-state index contributed by atoms with van der Waals surface area (Å²) in [5, 5.41) is 1.08. The Bertz CT molecular complexity index is 1320. The van der Waals surface area contributed by atoms with Crippen molar-refractivity contribution in [3.8, 4) is 17.2 Å². The molecule has 0 atom stereocenters. The lowest BCUT2D eigenvalue weighted by molar-refractivity contribution is -0.114. The zero-order valence-corrected chi connectivity index (χ0v) is 20.4. The van der Waals surface area contributed by atoms with Crippen molar-refractivity contribution in [1.29, 1.82) is 0 Å². The molecule has 0 fully saturated rings. The van der Waals surface area contributed by atoms with Crippen molar-refractivity contribution in [2.45, 2.75) is 6.54 Å². The highest BCUT2D eigenvalue weighted by molar-refractivity contribution is 7.22. The second-order valence-corrected chi connectivity index (χ2v) is 8.54. The van der Waals surface area contributed by atoms with Crippen molar-refractivity contribution in [1.82, 2.24) is 9.97 Å². The summed E-state index contributed by atoms with van der Waals surface area (Å²) < 4.78 is 17.1. The molecule has 0 unspecified atom stereocenters. The van der Waals surface area contributed by atoms with Crippen LogP contribution >= 0.6 is 22.9 Å². The van der Waals surface area contributed by atoms with Crippen LogP contribution in [0.5, 0.6) is 17.2 Å². The number of carbonyl (C=O) groups excluding carboxylic acids is 1. The molecule has 174 valence electrons. The van der Waals surface area contributed by atoms with Gasteiger partial charge in [-0.2, -0.15) is 0 Å². The molecule has 0 saturated heterocycles. The average Bonchev–Trinajstić information content (AvgIpc) is 3.31. The Balaban J connectivity index is 1.69. The maximum Gasteiger partial charge on any atom is 0.253 e. The molecule has 2 aromatic heterocycles. The Morgan fingerprint density at radius 3 is 2.44 bits per heavy atom. The number of benzene rings is 2. The largest absolute Gasteiger partial charge is 0.493 e. The van der Waals surface area contributed by atoms with Gasteiger partial charge in [-0.15, -0.1) is 0 Å².